The van der Waals surface area contributed by atoms with Crippen molar-refractivity contribution in [3.05, 3.63) is 12.2 Å². The van der Waals surface area contributed by atoms with E-state index in [2.05, 4.69) is 18.2 Å². The Balaban J connectivity index is 2.59. The average Bonchev–Trinajstić information content (AvgIpc) is 2.28. The van der Waals surface area contributed by atoms with Gasteiger partial charge in [-0.3, -0.25) is 4.79 Å². The average molecular weight is 154 g/mol. The molecule has 0 aromatic heterocycles. The van der Waals surface area contributed by atoms with Crippen molar-refractivity contribution in [1.29, 1.82) is 0 Å². The van der Waals surface area contributed by atoms with Crippen molar-refractivity contribution >= 4 is 5.97 Å². The van der Waals surface area contributed by atoms with E-state index in [9.17, 15) is 4.79 Å². The van der Waals surface area contributed by atoms with Gasteiger partial charge in [-0.15, -0.1) is 0 Å². The lowest BCUT2D eigenvalue weighted by Gasteiger charge is -2.10. The van der Waals surface area contributed by atoms with Gasteiger partial charge in [0.2, 0.25) is 0 Å². The Bertz CT molecular complexity index is 184. The lowest BCUT2D eigenvalue weighted by molar-refractivity contribution is -0.146. The van der Waals surface area contributed by atoms with Crippen LogP contribution in [0.2, 0.25) is 0 Å². The fraction of sp³-hybridized carbons (Fsp3) is 0.667. The molecule has 2 heteroatoms. The molecule has 1 fully saturated rings. The number of rotatable bonds is 1. The predicted octanol–water partition coefficient (Wildman–Crippen LogP) is 1.76. The summed E-state index contributed by atoms with van der Waals surface area (Å²) in [6, 6.07) is 0. The first-order valence-electron chi connectivity index (χ1n) is 3.89. The first kappa shape index (κ1) is 8.31. The molecule has 0 aromatic carbocycles. The van der Waals surface area contributed by atoms with E-state index >= 15 is 0 Å². The Morgan fingerprint density at radius 3 is 2.64 bits per heavy atom. The van der Waals surface area contributed by atoms with Gasteiger partial charge in [-0.1, -0.05) is 19.1 Å². The van der Waals surface area contributed by atoms with Crippen LogP contribution in [0.5, 0.6) is 0 Å². The van der Waals surface area contributed by atoms with Gasteiger partial charge in [-0.2, -0.15) is 0 Å². The quantitative estimate of drug-likeness (QED) is 0.425. The summed E-state index contributed by atoms with van der Waals surface area (Å²) in [6.45, 7) is 5.93. The molecule has 0 heterocycles. The number of carbonyl (C=O) groups is 1. The number of hydrogen-bond acceptors (Lipinski definition) is 2. The summed E-state index contributed by atoms with van der Waals surface area (Å²) in [5.41, 5.74) is 1.17. The third-order valence-corrected chi connectivity index (χ3v) is 2.31. The Labute approximate surface area is 67.2 Å². The second-order valence-electron chi connectivity index (χ2n) is 3.27. The number of allylic oxidation sites excluding steroid dienone is 1. The summed E-state index contributed by atoms with van der Waals surface area (Å²) in [5, 5.41) is 0. The Morgan fingerprint density at radius 1 is 1.64 bits per heavy atom. The molecule has 62 valence electrons. The highest BCUT2D eigenvalue weighted by Crippen LogP contribution is 2.35. The zero-order chi connectivity index (χ0) is 8.43. The summed E-state index contributed by atoms with van der Waals surface area (Å²) >= 11 is 0. The number of ether oxygens (including phenoxy) is 1. The second-order valence-corrected chi connectivity index (χ2v) is 3.27. The van der Waals surface area contributed by atoms with Crippen molar-refractivity contribution in [3.8, 4) is 0 Å². The van der Waals surface area contributed by atoms with Crippen molar-refractivity contribution < 1.29 is 9.53 Å². The molecule has 1 aliphatic carbocycles. The summed E-state index contributed by atoms with van der Waals surface area (Å²) in [4.78, 5) is 11.1. The molecule has 2 nitrogen and oxygen atoms in total. The predicted molar refractivity (Wildman–Crippen MR) is 43.0 cm³/mol. The molecule has 0 bridgehead atoms. The summed E-state index contributed by atoms with van der Waals surface area (Å²) in [6.07, 6.45) is 1.79. The highest BCUT2D eigenvalue weighted by atomic mass is 16.5. The van der Waals surface area contributed by atoms with Gasteiger partial charge in [0.25, 0.3) is 0 Å². The lowest BCUT2D eigenvalue weighted by Crippen LogP contribution is -2.17. The Morgan fingerprint density at radius 2 is 2.27 bits per heavy atom. The summed E-state index contributed by atoms with van der Waals surface area (Å²) in [5.74, 6) is 0.388. The van der Waals surface area contributed by atoms with Gasteiger partial charge in [-0.05, 0) is 18.8 Å². The fourth-order valence-corrected chi connectivity index (χ4v) is 1.66. The molecule has 11 heavy (non-hydrogen) atoms. The van der Waals surface area contributed by atoms with Gasteiger partial charge in [0.1, 0.15) is 0 Å². The maximum Gasteiger partial charge on any atom is 0.309 e. The maximum absolute atomic E-state index is 11.1. The van der Waals surface area contributed by atoms with Crippen LogP contribution < -0.4 is 0 Å². The number of hydrogen-bond donors (Lipinski definition) is 0. The molecule has 0 radical (unpaired) electrons. The van der Waals surface area contributed by atoms with E-state index in [-0.39, 0.29) is 11.9 Å². The van der Waals surface area contributed by atoms with Crippen LogP contribution in [0.3, 0.4) is 0 Å². The van der Waals surface area contributed by atoms with E-state index in [0.717, 1.165) is 12.8 Å². The molecule has 0 unspecified atom stereocenters. The zero-order valence-corrected chi connectivity index (χ0v) is 7.09. The molecule has 0 amide bonds. The first-order chi connectivity index (χ1) is 5.15. The van der Waals surface area contributed by atoms with E-state index in [0.29, 0.717) is 5.92 Å². The molecule has 0 spiro atoms. The monoisotopic (exact) mass is 154 g/mol. The topological polar surface area (TPSA) is 26.3 Å². The summed E-state index contributed by atoms with van der Waals surface area (Å²) in [7, 11) is 1.44. The molecule has 1 aliphatic rings. The number of methoxy groups -OCH3 is 1. The van der Waals surface area contributed by atoms with Gasteiger partial charge >= 0.3 is 5.97 Å². The molecule has 0 N–H and O–H groups in total. The molecule has 1 saturated carbocycles. The fourth-order valence-electron chi connectivity index (χ4n) is 1.66. The van der Waals surface area contributed by atoms with Crippen molar-refractivity contribution in [1.82, 2.24) is 0 Å². The van der Waals surface area contributed by atoms with Crippen LogP contribution in [0.15, 0.2) is 12.2 Å². The van der Waals surface area contributed by atoms with Crippen molar-refractivity contribution in [3.63, 3.8) is 0 Å². The maximum atomic E-state index is 11.1. The van der Waals surface area contributed by atoms with Crippen LogP contribution in [0, 0.1) is 11.8 Å². The second kappa shape index (κ2) is 3.07. The molecule has 1 rings (SSSR count). The zero-order valence-electron chi connectivity index (χ0n) is 7.09. The minimum absolute atomic E-state index is 0.0625. The van der Waals surface area contributed by atoms with Crippen molar-refractivity contribution in [2.45, 2.75) is 19.8 Å². The Hall–Kier alpha value is -0.790. The molecule has 0 aliphatic heterocycles. The van der Waals surface area contributed by atoms with Crippen LogP contribution in [0.25, 0.3) is 0 Å². The minimum Gasteiger partial charge on any atom is -0.469 e. The van der Waals surface area contributed by atoms with Crippen LogP contribution in [-0.4, -0.2) is 13.1 Å². The van der Waals surface area contributed by atoms with Crippen LogP contribution in [-0.2, 0) is 9.53 Å². The largest absolute Gasteiger partial charge is 0.469 e. The smallest absolute Gasteiger partial charge is 0.309 e. The SMILES string of the molecule is C=C1C[C@H](C(=O)OC)[C@@H](C)C1. The van der Waals surface area contributed by atoms with Crippen molar-refractivity contribution in [2.75, 3.05) is 7.11 Å². The molecular weight excluding hydrogens is 140 g/mol. The van der Waals surface area contributed by atoms with E-state index in [1.807, 2.05) is 0 Å². The molecule has 2 atom stereocenters. The van der Waals surface area contributed by atoms with Gasteiger partial charge in [0.15, 0.2) is 0 Å². The molecule has 0 saturated heterocycles. The van der Waals surface area contributed by atoms with E-state index < -0.39 is 0 Å². The highest BCUT2D eigenvalue weighted by molar-refractivity contribution is 5.73. The van der Waals surface area contributed by atoms with E-state index in [4.69, 9.17) is 0 Å². The van der Waals surface area contributed by atoms with Crippen LogP contribution in [0.1, 0.15) is 19.8 Å². The number of esters is 1. The summed E-state index contributed by atoms with van der Waals surface area (Å²) < 4.78 is 4.67. The van der Waals surface area contributed by atoms with E-state index in [1.54, 1.807) is 0 Å². The molecular formula is C9H14O2. The van der Waals surface area contributed by atoms with Gasteiger partial charge < -0.3 is 4.74 Å². The van der Waals surface area contributed by atoms with Gasteiger partial charge in [-0.25, -0.2) is 0 Å². The standard InChI is InChI=1S/C9H14O2/c1-6-4-7(2)8(5-6)9(10)11-3/h7-8H,1,4-5H2,2-3H3/t7-,8-/m0/s1. The Kier molecular flexibility index (Phi) is 2.32. The lowest BCUT2D eigenvalue weighted by atomic mass is 9.99. The van der Waals surface area contributed by atoms with Crippen LogP contribution in [0.4, 0.5) is 0 Å². The minimum atomic E-state index is -0.0869. The normalized spacial score (nSPS) is 30.5. The first-order valence-corrected chi connectivity index (χ1v) is 3.89. The van der Waals surface area contributed by atoms with E-state index in [1.165, 1.54) is 12.7 Å². The van der Waals surface area contributed by atoms with Gasteiger partial charge in [0.05, 0.1) is 13.0 Å². The number of carbonyl (C=O) groups excluding carboxylic acids is 1. The third kappa shape index (κ3) is 1.62. The van der Waals surface area contributed by atoms with Crippen LogP contribution >= 0.6 is 0 Å². The third-order valence-electron chi connectivity index (χ3n) is 2.31. The highest BCUT2D eigenvalue weighted by Gasteiger charge is 2.32. The van der Waals surface area contributed by atoms with Gasteiger partial charge in [0, 0.05) is 0 Å². The van der Waals surface area contributed by atoms with Crippen molar-refractivity contribution in [2.24, 2.45) is 11.8 Å². The molecule has 0 aromatic rings.